The lowest BCUT2D eigenvalue weighted by Gasteiger charge is -2.23. The molecule has 1 saturated heterocycles. The van der Waals surface area contributed by atoms with Crippen molar-refractivity contribution in [2.75, 3.05) is 25.0 Å². The van der Waals surface area contributed by atoms with Gasteiger partial charge in [0.25, 0.3) is 0 Å². The molecular weight excluding hydrogens is 311 g/mol. The maximum Gasteiger partial charge on any atom is 0.238 e. The third kappa shape index (κ3) is 4.58. The van der Waals surface area contributed by atoms with Crippen LogP contribution in [0.4, 0.5) is 5.69 Å². The van der Waals surface area contributed by atoms with Crippen LogP contribution in [0.15, 0.2) is 18.2 Å². The number of rotatable bonds is 6. The molecule has 21 heavy (non-hydrogen) atoms. The molecule has 1 fully saturated rings. The lowest BCUT2D eigenvalue weighted by molar-refractivity contribution is -0.117. The standard InChI is InChI=1S/C15H20Cl2N2O2/c16-12-6-1-7-13(17)15(12)18-14(21)10-19-8-2-4-11(19)5-3-9-20/h1,6-7,11,20H,2-5,8-10H2,(H,18,21). The second-order valence-corrected chi connectivity index (χ2v) is 6.09. The molecule has 1 amide bonds. The van der Waals surface area contributed by atoms with Gasteiger partial charge in [-0.25, -0.2) is 0 Å². The number of halogens is 2. The van der Waals surface area contributed by atoms with Crippen molar-refractivity contribution in [3.63, 3.8) is 0 Å². The van der Waals surface area contributed by atoms with E-state index in [-0.39, 0.29) is 12.5 Å². The predicted octanol–water partition coefficient (Wildman–Crippen LogP) is 3.17. The van der Waals surface area contributed by atoms with Gasteiger partial charge in [0.05, 0.1) is 22.3 Å². The van der Waals surface area contributed by atoms with Crippen LogP contribution in [0.25, 0.3) is 0 Å². The molecule has 2 N–H and O–H groups in total. The van der Waals surface area contributed by atoms with Crippen LogP contribution in [0, 0.1) is 0 Å². The molecule has 0 bridgehead atoms. The number of amides is 1. The fourth-order valence-electron chi connectivity index (χ4n) is 2.74. The van der Waals surface area contributed by atoms with Crippen molar-refractivity contribution >= 4 is 34.8 Å². The molecule has 1 heterocycles. The van der Waals surface area contributed by atoms with Gasteiger partial charge in [0.1, 0.15) is 0 Å². The topological polar surface area (TPSA) is 52.6 Å². The summed E-state index contributed by atoms with van der Waals surface area (Å²) in [6, 6.07) is 5.52. The maximum atomic E-state index is 12.2. The number of carbonyl (C=O) groups is 1. The monoisotopic (exact) mass is 330 g/mol. The third-order valence-corrected chi connectivity index (χ3v) is 4.40. The zero-order chi connectivity index (χ0) is 15.2. The summed E-state index contributed by atoms with van der Waals surface area (Å²) in [6.45, 7) is 1.45. The van der Waals surface area contributed by atoms with Gasteiger partial charge in [-0.1, -0.05) is 29.3 Å². The molecule has 0 spiro atoms. The Bertz CT molecular complexity index is 476. The van der Waals surface area contributed by atoms with Gasteiger partial charge in [0, 0.05) is 12.6 Å². The number of hydrogen-bond acceptors (Lipinski definition) is 3. The van der Waals surface area contributed by atoms with Gasteiger partial charge in [-0.15, -0.1) is 0 Å². The summed E-state index contributed by atoms with van der Waals surface area (Å²) in [5.41, 5.74) is 0.469. The molecule has 2 rings (SSSR count). The third-order valence-electron chi connectivity index (χ3n) is 3.77. The number of benzene rings is 1. The summed E-state index contributed by atoms with van der Waals surface area (Å²) in [6.07, 6.45) is 3.88. The van der Waals surface area contributed by atoms with Gasteiger partial charge < -0.3 is 10.4 Å². The Morgan fingerprint density at radius 2 is 2.10 bits per heavy atom. The average molecular weight is 331 g/mol. The van der Waals surface area contributed by atoms with Gasteiger partial charge in [-0.05, 0) is 44.4 Å². The van der Waals surface area contributed by atoms with Crippen molar-refractivity contribution in [2.45, 2.75) is 31.7 Å². The number of aliphatic hydroxyl groups excluding tert-OH is 1. The zero-order valence-corrected chi connectivity index (χ0v) is 13.3. The van der Waals surface area contributed by atoms with Crippen molar-refractivity contribution in [1.29, 1.82) is 0 Å². The summed E-state index contributed by atoms with van der Waals surface area (Å²) in [4.78, 5) is 14.3. The molecule has 1 aromatic carbocycles. The highest BCUT2D eigenvalue weighted by molar-refractivity contribution is 6.39. The molecule has 4 nitrogen and oxygen atoms in total. The summed E-state index contributed by atoms with van der Waals surface area (Å²) in [5.74, 6) is -0.110. The fourth-order valence-corrected chi connectivity index (χ4v) is 3.23. The molecule has 0 radical (unpaired) electrons. The van der Waals surface area contributed by atoms with Gasteiger partial charge >= 0.3 is 0 Å². The smallest absolute Gasteiger partial charge is 0.238 e. The van der Waals surface area contributed by atoms with Crippen LogP contribution in [0.2, 0.25) is 10.0 Å². The van der Waals surface area contributed by atoms with E-state index in [0.717, 1.165) is 32.2 Å². The Balaban J connectivity index is 1.92. The highest BCUT2D eigenvalue weighted by Gasteiger charge is 2.26. The maximum absolute atomic E-state index is 12.2. The molecule has 0 saturated carbocycles. The minimum Gasteiger partial charge on any atom is -0.396 e. The van der Waals surface area contributed by atoms with Crippen LogP contribution in [0.1, 0.15) is 25.7 Å². The number of nitrogens with zero attached hydrogens (tertiary/aromatic N) is 1. The lowest BCUT2D eigenvalue weighted by Crippen LogP contribution is -2.37. The van der Waals surface area contributed by atoms with Crippen LogP contribution in [0.3, 0.4) is 0 Å². The van der Waals surface area contributed by atoms with E-state index in [4.69, 9.17) is 28.3 Å². The van der Waals surface area contributed by atoms with E-state index in [9.17, 15) is 4.79 Å². The minimum atomic E-state index is -0.110. The first-order valence-electron chi connectivity index (χ1n) is 7.20. The van der Waals surface area contributed by atoms with Crippen molar-refractivity contribution in [3.05, 3.63) is 28.2 Å². The Morgan fingerprint density at radius 1 is 1.38 bits per heavy atom. The number of anilines is 1. The average Bonchev–Trinajstić information content (AvgIpc) is 2.88. The summed E-state index contributed by atoms with van der Waals surface area (Å²) in [7, 11) is 0. The number of para-hydroxylation sites is 1. The van der Waals surface area contributed by atoms with Crippen LogP contribution < -0.4 is 5.32 Å². The lowest BCUT2D eigenvalue weighted by atomic mass is 10.1. The van der Waals surface area contributed by atoms with Crippen LogP contribution in [0.5, 0.6) is 0 Å². The molecule has 1 unspecified atom stereocenters. The summed E-state index contributed by atoms with van der Waals surface area (Å²) in [5, 5.41) is 12.6. The van der Waals surface area contributed by atoms with E-state index < -0.39 is 0 Å². The Hall–Kier alpha value is -0.810. The molecule has 1 aliphatic rings. The second-order valence-electron chi connectivity index (χ2n) is 5.28. The van der Waals surface area contributed by atoms with E-state index in [0.29, 0.717) is 28.3 Å². The van der Waals surface area contributed by atoms with Crippen molar-refractivity contribution in [1.82, 2.24) is 4.90 Å². The quantitative estimate of drug-likeness (QED) is 0.842. The minimum absolute atomic E-state index is 0.110. The first-order valence-corrected chi connectivity index (χ1v) is 7.96. The fraction of sp³-hybridized carbons (Fsp3) is 0.533. The van der Waals surface area contributed by atoms with Crippen LogP contribution >= 0.6 is 23.2 Å². The molecule has 1 aliphatic heterocycles. The van der Waals surface area contributed by atoms with E-state index >= 15 is 0 Å². The molecule has 116 valence electrons. The molecule has 1 aromatic rings. The first kappa shape index (κ1) is 16.6. The van der Waals surface area contributed by atoms with E-state index in [1.165, 1.54) is 0 Å². The van der Waals surface area contributed by atoms with Gasteiger partial charge in [0.15, 0.2) is 0 Å². The Morgan fingerprint density at radius 3 is 2.76 bits per heavy atom. The highest BCUT2D eigenvalue weighted by Crippen LogP contribution is 2.30. The molecular formula is C15H20Cl2N2O2. The van der Waals surface area contributed by atoms with Crippen molar-refractivity contribution in [3.8, 4) is 0 Å². The number of aliphatic hydroxyl groups is 1. The SMILES string of the molecule is O=C(CN1CCCC1CCCO)Nc1c(Cl)cccc1Cl. The number of likely N-dealkylation sites (tertiary alicyclic amines) is 1. The predicted molar refractivity (Wildman–Crippen MR) is 86.0 cm³/mol. The van der Waals surface area contributed by atoms with E-state index in [1.807, 2.05) is 0 Å². The highest BCUT2D eigenvalue weighted by atomic mass is 35.5. The molecule has 0 aliphatic carbocycles. The first-order chi connectivity index (χ1) is 10.1. The van der Waals surface area contributed by atoms with E-state index in [2.05, 4.69) is 10.2 Å². The largest absolute Gasteiger partial charge is 0.396 e. The molecule has 0 aromatic heterocycles. The number of nitrogens with one attached hydrogen (secondary N) is 1. The number of hydrogen-bond donors (Lipinski definition) is 2. The normalized spacial score (nSPS) is 18.9. The van der Waals surface area contributed by atoms with Crippen LogP contribution in [-0.4, -0.2) is 41.7 Å². The number of carbonyl (C=O) groups excluding carboxylic acids is 1. The Kier molecular flexibility index (Phi) is 6.30. The second kappa shape index (κ2) is 7.99. The van der Waals surface area contributed by atoms with Gasteiger partial charge in [-0.3, -0.25) is 9.69 Å². The Labute approximate surface area is 135 Å². The van der Waals surface area contributed by atoms with Gasteiger partial charge in [0.2, 0.25) is 5.91 Å². The molecule has 6 heteroatoms. The molecule has 1 atom stereocenters. The summed E-state index contributed by atoms with van der Waals surface area (Å²) >= 11 is 12.1. The summed E-state index contributed by atoms with van der Waals surface area (Å²) < 4.78 is 0. The van der Waals surface area contributed by atoms with Crippen molar-refractivity contribution in [2.24, 2.45) is 0 Å². The van der Waals surface area contributed by atoms with Gasteiger partial charge in [-0.2, -0.15) is 0 Å². The van der Waals surface area contributed by atoms with E-state index in [1.54, 1.807) is 18.2 Å². The van der Waals surface area contributed by atoms with Crippen molar-refractivity contribution < 1.29 is 9.90 Å². The zero-order valence-electron chi connectivity index (χ0n) is 11.8. The van der Waals surface area contributed by atoms with Crippen LogP contribution in [-0.2, 0) is 4.79 Å².